The van der Waals surface area contributed by atoms with E-state index in [2.05, 4.69) is 0 Å². The van der Waals surface area contributed by atoms with Gasteiger partial charge in [-0.25, -0.2) is 0 Å². The minimum Gasteiger partial charge on any atom is -0.264 e. The maximum Gasteiger partial charge on any atom is 3.00 e. The van der Waals surface area contributed by atoms with Gasteiger partial charge in [-0.05, 0) is 0 Å². The van der Waals surface area contributed by atoms with E-state index >= 15 is 0 Å². The molecule has 736 valence electrons. The summed E-state index contributed by atoms with van der Waals surface area (Å²) in [6.45, 7) is 0. The minimum atomic E-state index is -4.67. The SMILES string of the molecule is O=S(=O)(O)O.O=S(=O)(O)O.O=S(=O)(O)O.O=S(=O)(O)O.O=S(=O)(O)O.O=S(=O)(O)O.O=S(=O)(O)O.O=S(=O)(O)O.O=S(=O)(O)O.O=S(=O)(O)O.O=S(=O)(O)O.O=S(=O)(O)O.O=S(=O)(O)O.O=S(=O)(O)O.O=S(=O)(O)O.O=S(=O)(O)O.O=S(=O)(O)O.O=S(=O)(O)O.O=S(=O)(O)O.O=S(=O)(O)O.O=S(=O)(O)O.O=S(=O)(O)O.O=S(=O)(O)O.[Al+3].[Al+3].[Al+3].[Al+3].[Al+3].[Al+3].[Al+3].[Al+3].[Al+3].[Al+3].[Al+3].[Al+3].[Al+3].[Al+3].[Al+3].[Al+3].[Al+3]. The molecule has 0 aromatic heterocycles. The molecular weight excluding hydrogens is 2670 g/mol. The summed E-state index contributed by atoms with van der Waals surface area (Å²) in [7, 11) is -107. The average molecular weight is 2710 g/mol. The van der Waals surface area contributed by atoms with Crippen molar-refractivity contribution in [3.05, 3.63) is 0 Å². The van der Waals surface area contributed by atoms with E-state index in [0.29, 0.717) is 0 Å². The zero-order chi connectivity index (χ0) is 104. The van der Waals surface area contributed by atoms with Crippen molar-refractivity contribution in [2.45, 2.75) is 0 Å². The standard InChI is InChI=1S/17Al.23H2O4S/c;;;;;;;;;;;;;;;;;23*1-5(2,3)4/h;;;;;;;;;;;;;;;;;23*(H2,1,2,3,4)/q17*+3;;;;;;;;;;;;;;;;;;;;;;;. The van der Waals surface area contributed by atoms with Crippen molar-refractivity contribution < 1.29 is 403 Å². The van der Waals surface area contributed by atoms with Crippen molar-refractivity contribution in [3.63, 3.8) is 0 Å². The number of hydrogen-bond donors (Lipinski definition) is 46. The average Bonchev–Trinajstić information content (AvgIpc) is 2.97. The van der Waals surface area contributed by atoms with Crippen molar-refractivity contribution in [1.29, 1.82) is 0 Å². The van der Waals surface area contributed by atoms with Gasteiger partial charge in [0, 0.05) is 0 Å². The Morgan fingerprint density at radius 1 is 0.0530 bits per heavy atom. The summed E-state index contributed by atoms with van der Waals surface area (Å²) in [5.74, 6) is 0. The molecule has 132 heavy (non-hydrogen) atoms. The van der Waals surface area contributed by atoms with Crippen LogP contribution >= 0.6 is 0 Å². The van der Waals surface area contributed by atoms with Crippen LogP contribution in [0.15, 0.2) is 0 Å². The molecule has 132 heteroatoms. The molecule has 0 fully saturated rings. The van der Waals surface area contributed by atoms with Crippen LogP contribution in [0.25, 0.3) is 0 Å². The molecular formula is H46Al17O92S23+51. The van der Waals surface area contributed by atoms with Crippen LogP contribution in [0.3, 0.4) is 0 Å². The monoisotopic (exact) mass is 2710 g/mol. The van der Waals surface area contributed by atoms with Gasteiger partial charge in [-0.15, -0.1) is 0 Å². The second kappa shape index (κ2) is 122. The largest absolute Gasteiger partial charge is 3.00 e. The van der Waals surface area contributed by atoms with E-state index in [4.69, 9.17) is 403 Å². The first kappa shape index (κ1) is 270. The molecule has 0 aliphatic heterocycles. The van der Waals surface area contributed by atoms with Gasteiger partial charge in [0.2, 0.25) is 0 Å². The number of hydrogen-bond acceptors (Lipinski definition) is 46. The van der Waals surface area contributed by atoms with Gasteiger partial charge < -0.3 is 0 Å². The molecule has 0 aliphatic rings. The predicted molar refractivity (Wildman–Crippen MR) is 424 cm³/mol. The fraction of sp³-hybridized carbons (Fsp3) is 0. The van der Waals surface area contributed by atoms with E-state index in [1.807, 2.05) is 0 Å². The van der Waals surface area contributed by atoms with Gasteiger partial charge in [0.25, 0.3) is 0 Å². The van der Waals surface area contributed by atoms with Crippen LogP contribution in [0.5, 0.6) is 0 Å². The van der Waals surface area contributed by atoms with E-state index in [1.165, 1.54) is 0 Å². The third kappa shape index (κ3) is 67500. The Morgan fingerprint density at radius 2 is 0.0530 bits per heavy atom. The summed E-state index contributed by atoms with van der Waals surface area (Å²) in [5, 5.41) is 0. The fourth-order valence-corrected chi connectivity index (χ4v) is 0. The summed E-state index contributed by atoms with van der Waals surface area (Å²) < 4.78 is 726. The maximum absolute atomic E-state index is 8.74. The van der Waals surface area contributed by atoms with E-state index in [-0.39, 0.29) is 295 Å². The molecule has 0 saturated carbocycles. The molecule has 0 bridgehead atoms. The van der Waals surface area contributed by atoms with Crippen LogP contribution in [0.2, 0.25) is 0 Å². The van der Waals surface area contributed by atoms with E-state index in [0.717, 1.165) is 0 Å². The molecule has 0 amide bonds. The zero-order valence-electron chi connectivity index (χ0n) is 58.6. The van der Waals surface area contributed by atoms with E-state index in [9.17, 15) is 0 Å². The smallest absolute Gasteiger partial charge is 0.264 e. The summed E-state index contributed by atoms with van der Waals surface area (Å²) in [4.78, 5) is 0. The molecule has 0 spiro atoms. The van der Waals surface area contributed by atoms with Gasteiger partial charge in [-0.3, -0.25) is 209 Å². The second-order valence-corrected chi connectivity index (χ2v) is 30.9. The Labute approximate surface area is 924 Å². The zero-order valence-corrected chi connectivity index (χ0v) is 97.0. The molecule has 0 aliphatic carbocycles. The van der Waals surface area contributed by atoms with Crippen LogP contribution in [-0.4, -0.2) is 698 Å². The van der Waals surface area contributed by atoms with Gasteiger partial charge in [0.15, 0.2) is 0 Å². The summed E-state index contributed by atoms with van der Waals surface area (Å²) in [5.41, 5.74) is 0. The van der Waals surface area contributed by atoms with Crippen molar-refractivity contribution >= 4 is 534 Å². The Kier molecular flexibility index (Phi) is 250. The predicted octanol–water partition coefficient (Wildman–Crippen LogP) is -21.5. The molecule has 0 saturated heterocycles. The molecule has 46 N–H and O–H groups in total. The number of rotatable bonds is 0. The third-order valence-corrected chi connectivity index (χ3v) is 0. The van der Waals surface area contributed by atoms with E-state index in [1.54, 1.807) is 0 Å². The van der Waals surface area contributed by atoms with Crippen LogP contribution in [0.4, 0.5) is 0 Å². The van der Waals surface area contributed by atoms with Crippen LogP contribution < -0.4 is 0 Å². The van der Waals surface area contributed by atoms with Crippen molar-refractivity contribution in [1.82, 2.24) is 0 Å². The molecule has 0 rings (SSSR count). The maximum atomic E-state index is 8.74. The Balaban J connectivity index is -0.0000000175. The van der Waals surface area contributed by atoms with Gasteiger partial charge in [-0.1, -0.05) is 0 Å². The van der Waals surface area contributed by atoms with Crippen LogP contribution in [-0.2, 0) is 239 Å². The van der Waals surface area contributed by atoms with E-state index < -0.39 is 239 Å². The van der Waals surface area contributed by atoms with Crippen LogP contribution in [0, 0.1) is 0 Å². The van der Waals surface area contributed by atoms with Crippen LogP contribution in [0.1, 0.15) is 0 Å². The Bertz CT molecular complexity index is 3630. The molecule has 92 nitrogen and oxygen atoms in total. The molecule has 0 atom stereocenters. The molecule has 0 heterocycles. The topological polar surface area (TPSA) is 1720 Å². The third-order valence-electron chi connectivity index (χ3n) is 0. The molecule has 0 aromatic rings. The summed E-state index contributed by atoms with van der Waals surface area (Å²) in [6.07, 6.45) is 0. The first-order chi connectivity index (χ1) is 46.0. The molecule has 0 aromatic carbocycles. The Morgan fingerprint density at radius 3 is 0.0530 bits per heavy atom. The summed E-state index contributed by atoms with van der Waals surface area (Å²) in [6, 6.07) is 0. The van der Waals surface area contributed by atoms with Gasteiger partial charge >= 0.3 is 534 Å². The first-order valence-electron chi connectivity index (χ1n) is 16.1. The normalized spacial score (nSPS) is 10.1. The first-order valence-corrected chi connectivity index (χ1v) is 48.2. The second-order valence-electron chi connectivity index (χ2n) is 10.3. The molecule has 0 radical (unpaired) electrons. The van der Waals surface area contributed by atoms with Crippen molar-refractivity contribution in [3.8, 4) is 0 Å². The quantitative estimate of drug-likeness (QED) is 0.0791. The minimum absolute atomic E-state index is 0. The summed E-state index contributed by atoms with van der Waals surface area (Å²) >= 11 is 0. The van der Waals surface area contributed by atoms with Gasteiger partial charge in [-0.2, -0.15) is 194 Å². The Hall–Kier alpha value is 6.06. The fourth-order valence-electron chi connectivity index (χ4n) is 0. The van der Waals surface area contributed by atoms with Gasteiger partial charge in [0.1, 0.15) is 0 Å². The van der Waals surface area contributed by atoms with Crippen molar-refractivity contribution in [2.24, 2.45) is 0 Å². The molecule has 0 unspecified atom stereocenters. The van der Waals surface area contributed by atoms with Crippen molar-refractivity contribution in [2.75, 3.05) is 0 Å². The van der Waals surface area contributed by atoms with Gasteiger partial charge in [0.05, 0.1) is 0 Å².